The number of thiol groups is 1. The first kappa shape index (κ1) is 19.1. The van der Waals surface area contributed by atoms with E-state index >= 15 is 0 Å². The topological polar surface area (TPSA) is 87.6 Å². The Morgan fingerprint density at radius 1 is 1.22 bits per heavy atom. The number of aromatic nitrogens is 1. The Morgan fingerprint density at radius 2 is 1.93 bits per heavy atom. The van der Waals surface area contributed by atoms with E-state index in [0.717, 1.165) is 5.56 Å². The van der Waals surface area contributed by atoms with Crippen molar-refractivity contribution in [1.82, 2.24) is 4.98 Å². The summed E-state index contributed by atoms with van der Waals surface area (Å²) < 4.78 is -1.75. The highest BCUT2D eigenvalue weighted by atomic mass is 32.1. The molecule has 0 bridgehead atoms. The van der Waals surface area contributed by atoms with Crippen molar-refractivity contribution < 1.29 is 19.5 Å². The number of carbonyl (C=O) groups is 3. The number of carboxylic acid groups (broad SMARTS) is 1. The summed E-state index contributed by atoms with van der Waals surface area (Å²) in [6.07, 6.45) is 3.67. The van der Waals surface area contributed by atoms with Gasteiger partial charge in [0.15, 0.2) is 10.5 Å². The van der Waals surface area contributed by atoms with Crippen LogP contribution in [-0.4, -0.2) is 38.0 Å². The number of rotatable bonds is 4. The van der Waals surface area contributed by atoms with Crippen LogP contribution in [0.5, 0.6) is 0 Å². The molecule has 0 saturated carbocycles. The fourth-order valence-electron chi connectivity index (χ4n) is 3.33. The molecule has 1 aromatic carbocycles. The first-order valence-electron chi connectivity index (χ1n) is 8.53. The second-order valence-corrected chi connectivity index (χ2v) is 7.89. The van der Waals surface area contributed by atoms with Crippen molar-refractivity contribution in [3.8, 4) is 0 Å². The van der Waals surface area contributed by atoms with Gasteiger partial charge in [-0.2, -0.15) is 12.6 Å². The molecule has 1 aromatic heterocycles. The van der Waals surface area contributed by atoms with Crippen LogP contribution < -0.4 is 4.90 Å². The zero-order valence-electron chi connectivity index (χ0n) is 15.0. The van der Waals surface area contributed by atoms with Crippen LogP contribution in [0.1, 0.15) is 36.2 Å². The fraction of sp³-hybridized carbons (Fsp3) is 0.300. The number of fused-ring (bicyclic) bond motifs is 1. The highest BCUT2D eigenvalue weighted by Crippen LogP contribution is 2.40. The summed E-state index contributed by atoms with van der Waals surface area (Å²) >= 11 is 4.37. The maximum atomic E-state index is 13.5. The fourth-order valence-corrected chi connectivity index (χ4v) is 3.55. The van der Waals surface area contributed by atoms with E-state index in [1.54, 1.807) is 24.3 Å². The normalized spacial score (nSPS) is 21.1. The van der Waals surface area contributed by atoms with Gasteiger partial charge >= 0.3 is 5.97 Å². The summed E-state index contributed by atoms with van der Waals surface area (Å²) in [5, 5.41) is 9.85. The molecule has 0 saturated heterocycles. The molecular weight excluding hydrogens is 364 g/mol. The Balaban J connectivity index is 2.09. The van der Waals surface area contributed by atoms with Gasteiger partial charge in [0, 0.05) is 23.6 Å². The van der Waals surface area contributed by atoms with Crippen molar-refractivity contribution in [1.29, 1.82) is 0 Å². The van der Waals surface area contributed by atoms with E-state index in [1.165, 1.54) is 31.1 Å². The lowest BCUT2D eigenvalue weighted by Gasteiger charge is -2.45. The molecule has 2 unspecified atom stereocenters. The maximum absolute atomic E-state index is 13.5. The standard InChI is InChI=1S/C20H20N2O4S/c1-19(18(25)26)10-9-13-6-3-4-8-15(13)22(19)17(24)20(2,27)16(23)14-7-5-11-21-12-14/h3-8,11-12,27H,9-10H2,1-2H3,(H,25,26). The third-order valence-corrected chi connectivity index (χ3v) is 5.45. The Hall–Kier alpha value is -2.67. The van der Waals surface area contributed by atoms with Crippen molar-refractivity contribution >= 4 is 36.0 Å². The van der Waals surface area contributed by atoms with Crippen LogP contribution in [0, 0.1) is 0 Å². The number of ketones is 1. The molecule has 0 fully saturated rings. The van der Waals surface area contributed by atoms with Crippen molar-refractivity contribution in [2.45, 2.75) is 37.0 Å². The molecule has 140 valence electrons. The average molecular weight is 384 g/mol. The van der Waals surface area contributed by atoms with Crippen molar-refractivity contribution in [2.24, 2.45) is 0 Å². The molecule has 6 nitrogen and oxygen atoms in total. The van der Waals surface area contributed by atoms with Crippen molar-refractivity contribution in [3.63, 3.8) is 0 Å². The molecule has 1 amide bonds. The minimum Gasteiger partial charge on any atom is -0.479 e. The molecule has 2 heterocycles. The quantitative estimate of drug-likeness (QED) is 0.481. The van der Waals surface area contributed by atoms with Crippen molar-refractivity contribution in [3.05, 3.63) is 59.9 Å². The monoisotopic (exact) mass is 384 g/mol. The number of benzene rings is 1. The maximum Gasteiger partial charge on any atom is 0.329 e. The minimum atomic E-state index is -1.75. The summed E-state index contributed by atoms with van der Waals surface area (Å²) in [6, 6.07) is 10.3. The molecule has 7 heteroatoms. The van der Waals surface area contributed by atoms with Gasteiger partial charge in [-0.3, -0.25) is 19.5 Å². The second-order valence-electron chi connectivity index (χ2n) is 6.99. The smallest absolute Gasteiger partial charge is 0.329 e. The van der Waals surface area contributed by atoms with Gasteiger partial charge < -0.3 is 5.11 Å². The molecule has 3 rings (SSSR count). The number of anilines is 1. The van der Waals surface area contributed by atoms with E-state index in [-0.39, 0.29) is 12.0 Å². The first-order valence-corrected chi connectivity index (χ1v) is 8.97. The van der Waals surface area contributed by atoms with Gasteiger partial charge in [0.05, 0.1) is 0 Å². The molecule has 1 aliphatic rings. The molecular formula is C20H20N2O4S. The predicted molar refractivity (Wildman–Crippen MR) is 104 cm³/mol. The van der Waals surface area contributed by atoms with Gasteiger partial charge in [0.2, 0.25) is 0 Å². The lowest BCUT2D eigenvalue weighted by Crippen LogP contribution is -2.63. The molecule has 1 aliphatic heterocycles. The van der Waals surface area contributed by atoms with Crippen LogP contribution in [-0.2, 0) is 16.0 Å². The highest BCUT2D eigenvalue weighted by Gasteiger charge is 2.52. The lowest BCUT2D eigenvalue weighted by molar-refractivity contribution is -0.145. The number of hydrogen-bond donors (Lipinski definition) is 2. The summed E-state index contributed by atoms with van der Waals surface area (Å²) in [5.74, 6) is -2.32. The van der Waals surface area contributed by atoms with Crippen LogP contribution in [0.3, 0.4) is 0 Å². The SMILES string of the molecule is CC(S)(C(=O)c1cccnc1)C(=O)N1c2ccccc2CCC1(C)C(=O)O. The zero-order valence-corrected chi connectivity index (χ0v) is 15.9. The number of carbonyl (C=O) groups excluding carboxylic acids is 2. The molecule has 1 N–H and O–H groups in total. The van der Waals surface area contributed by atoms with Gasteiger partial charge in [-0.25, -0.2) is 4.79 Å². The van der Waals surface area contributed by atoms with Crippen LogP contribution in [0.2, 0.25) is 0 Å². The third-order valence-electron chi connectivity index (χ3n) is 5.05. The van der Waals surface area contributed by atoms with Crippen LogP contribution in [0.25, 0.3) is 0 Å². The number of hydrogen-bond acceptors (Lipinski definition) is 5. The van der Waals surface area contributed by atoms with Crippen LogP contribution in [0.15, 0.2) is 48.8 Å². The number of pyridine rings is 1. The molecule has 0 spiro atoms. The van der Waals surface area contributed by atoms with Gasteiger partial charge in [-0.1, -0.05) is 18.2 Å². The summed E-state index contributed by atoms with van der Waals surface area (Å²) in [5.41, 5.74) is 0.135. The predicted octanol–water partition coefficient (Wildman–Crippen LogP) is 2.78. The van der Waals surface area contributed by atoms with E-state index in [2.05, 4.69) is 17.6 Å². The molecule has 27 heavy (non-hydrogen) atoms. The second kappa shape index (κ2) is 6.81. The first-order chi connectivity index (χ1) is 12.7. The number of aliphatic carboxylic acids is 1. The summed E-state index contributed by atoms with van der Waals surface area (Å²) in [7, 11) is 0. The Bertz CT molecular complexity index is 913. The van der Waals surface area contributed by atoms with Crippen LogP contribution >= 0.6 is 12.6 Å². The number of carboxylic acids is 1. The summed E-state index contributed by atoms with van der Waals surface area (Å²) in [4.78, 5) is 43.6. The molecule has 0 radical (unpaired) electrons. The molecule has 2 atom stereocenters. The largest absolute Gasteiger partial charge is 0.479 e. The number of Topliss-reactive ketones (excluding diaryl/α,β-unsaturated/α-hetero) is 1. The van der Waals surface area contributed by atoms with Crippen molar-refractivity contribution in [2.75, 3.05) is 4.90 Å². The minimum absolute atomic E-state index is 0.241. The number of nitrogens with zero attached hydrogens (tertiary/aromatic N) is 2. The van der Waals surface area contributed by atoms with E-state index in [9.17, 15) is 19.5 Å². The van der Waals surface area contributed by atoms with Crippen LogP contribution in [0.4, 0.5) is 5.69 Å². The van der Waals surface area contributed by atoms with E-state index in [1.807, 2.05) is 12.1 Å². The highest BCUT2D eigenvalue weighted by molar-refractivity contribution is 7.83. The van der Waals surface area contributed by atoms with Gasteiger partial charge in [-0.05, 0) is 50.5 Å². The number of para-hydroxylation sites is 1. The molecule has 0 aliphatic carbocycles. The van der Waals surface area contributed by atoms with Gasteiger partial charge in [0.1, 0.15) is 5.54 Å². The third kappa shape index (κ3) is 3.12. The average Bonchev–Trinajstić information content (AvgIpc) is 2.67. The van der Waals surface area contributed by atoms with E-state index in [0.29, 0.717) is 12.1 Å². The Kier molecular flexibility index (Phi) is 4.82. The van der Waals surface area contributed by atoms with E-state index in [4.69, 9.17) is 0 Å². The Labute approximate surface area is 162 Å². The summed E-state index contributed by atoms with van der Waals surface area (Å²) in [6.45, 7) is 2.90. The van der Waals surface area contributed by atoms with Gasteiger partial charge in [0.25, 0.3) is 5.91 Å². The number of amides is 1. The Morgan fingerprint density at radius 3 is 2.56 bits per heavy atom. The lowest BCUT2D eigenvalue weighted by atomic mass is 9.83. The zero-order chi connectivity index (χ0) is 19.8. The van der Waals surface area contributed by atoms with Gasteiger partial charge in [-0.15, -0.1) is 0 Å². The van der Waals surface area contributed by atoms with E-state index < -0.39 is 27.9 Å². The number of aryl methyl sites for hydroxylation is 1. The molecule has 2 aromatic rings.